The summed E-state index contributed by atoms with van der Waals surface area (Å²) in [6, 6.07) is 18.3. The number of fused-ring (bicyclic) bond motifs is 1. The quantitative estimate of drug-likeness (QED) is 0.549. The summed E-state index contributed by atoms with van der Waals surface area (Å²) in [5.74, 6) is -0.0313. The van der Waals surface area contributed by atoms with E-state index >= 15 is 0 Å². The molecule has 2 aromatic rings. The number of thiocarbonyl (C=S) groups is 1. The number of amides is 1. The summed E-state index contributed by atoms with van der Waals surface area (Å²) in [4.78, 5) is 18.1. The second-order valence-electron chi connectivity index (χ2n) is 5.11. The molecule has 0 N–H and O–H groups in total. The second-order valence-corrected chi connectivity index (χ2v) is 7.78. The average Bonchev–Trinajstić information content (AvgIpc) is 3.08. The van der Waals surface area contributed by atoms with Crippen molar-refractivity contribution < 1.29 is 4.79 Å². The number of para-hydroxylation sites is 2. The van der Waals surface area contributed by atoms with Crippen LogP contribution in [0.1, 0.15) is 0 Å². The molecule has 2 aliphatic heterocycles. The Bertz CT molecular complexity index is 848. The zero-order valence-corrected chi connectivity index (χ0v) is 14.7. The number of hydrogen-bond donors (Lipinski definition) is 0. The van der Waals surface area contributed by atoms with Gasteiger partial charge < -0.3 is 4.90 Å². The van der Waals surface area contributed by atoms with Gasteiger partial charge in [0.05, 0.1) is 5.69 Å². The molecule has 114 valence electrons. The largest absolute Gasteiger partial charge is 0.302 e. The molecule has 0 radical (unpaired) electrons. The lowest BCUT2D eigenvalue weighted by atomic mass is 10.2. The molecule has 3 nitrogen and oxygen atoms in total. The average molecular weight is 356 g/mol. The van der Waals surface area contributed by atoms with Crippen LogP contribution in [-0.2, 0) is 4.79 Å². The molecule has 23 heavy (non-hydrogen) atoms. The fourth-order valence-electron chi connectivity index (χ4n) is 2.54. The van der Waals surface area contributed by atoms with E-state index in [4.69, 9.17) is 12.2 Å². The first kappa shape index (κ1) is 14.8. The van der Waals surface area contributed by atoms with Gasteiger partial charge in [-0.25, -0.2) is 0 Å². The Kier molecular flexibility index (Phi) is 3.67. The topological polar surface area (TPSA) is 23.6 Å². The Hall–Kier alpha value is -1.76. The van der Waals surface area contributed by atoms with Crippen molar-refractivity contribution in [2.45, 2.75) is 4.90 Å². The van der Waals surface area contributed by atoms with Crippen molar-refractivity contribution in [1.29, 1.82) is 0 Å². The van der Waals surface area contributed by atoms with Crippen molar-refractivity contribution in [3.05, 3.63) is 64.5 Å². The highest BCUT2D eigenvalue weighted by atomic mass is 32.2. The van der Waals surface area contributed by atoms with Gasteiger partial charge in [0.25, 0.3) is 5.91 Å². The number of hydrogen-bond acceptors (Lipinski definition) is 5. The lowest BCUT2D eigenvalue weighted by molar-refractivity contribution is -0.121. The van der Waals surface area contributed by atoms with Gasteiger partial charge in [-0.3, -0.25) is 9.69 Å². The molecule has 0 spiro atoms. The number of anilines is 2. The van der Waals surface area contributed by atoms with Gasteiger partial charge in [0, 0.05) is 17.6 Å². The molecular weight excluding hydrogens is 344 g/mol. The van der Waals surface area contributed by atoms with Crippen LogP contribution in [0.2, 0.25) is 0 Å². The summed E-state index contributed by atoms with van der Waals surface area (Å²) < 4.78 is 0.599. The Balaban J connectivity index is 1.91. The second kappa shape index (κ2) is 5.70. The van der Waals surface area contributed by atoms with Crippen LogP contribution in [0, 0.1) is 0 Å². The predicted molar refractivity (Wildman–Crippen MR) is 101 cm³/mol. The summed E-state index contributed by atoms with van der Waals surface area (Å²) in [5.41, 5.74) is 2.14. The molecule has 6 heteroatoms. The van der Waals surface area contributed by atoms with E-state index in [0.29, 0.717) is 9.23 Å². The van der Waals surface area contributed by atoms with Crippen molar-refractivity contribution in [3.63, 3.8) is 0 Å². The van der Waals surface area contributed by atoms with Crippen molar-refractivity contribution in [2.75, 3.05) is 11.9 Å². The standard InChI is InChI=1S/C17H12N2OS3/c1-18-15(20)14(23-17(18)21)16-19(11-7-3-2-4-8-11)12-9-5-6-10-13(12)22-16/h2-10H,1H3/b16-14+. The molecule has 1 fully saturated rings. The Morgan fingerprint density at radius 1 is 0.957 bits per heavy atom. The highest BCUT2D eigenvalue weighted by Gasteiger charge is 2.37. The summed E-state index contributed by atoms with van der Waals surface area (Å²) in [6.07, 6.45) is 0. The van der Waals surface area contributed by atoms with E-state index in [0.717, 1.165) is 21.3 Å². The molecule has 2 aliphatic rings. The molecule has 2 heterocycles. The zero-order chi connectivity index (χ0) is 16.0. The number of carbonyl (C=O) groups is 1. The number of likely N-dealkylation sites (N-methyl/N-ethyl adjacent to an activating group) is 1. The zero-order valence-electron chi connectivity index (χ0n) is 12.2. The maximum Gasteiger partial charge on any atom is 0.268 e. The summed E-state index contributed by atoms with van der Waals surface area (Å²) in [5, 5.41) is 0.930. The number of benzene rings is 2. The van der Waals surface area contributed by atoms with Crippen LogP contribution in [-0.4, -0.2) is 22.2 Å². The van der Waals surface area contributed by atoms with Gasteiger partial charge in [-0.2, -0.15) is 0 Å². The van der Waals surface area contributed by atoms with E-state index in [-0.39, 0.29) is 5.91 Å². The fraction of sp³-hybridized carbons (Fsp3) is 0.0588. The lowest BCUT2D eigenvalue weighted by Crippen LogP contribution is -2.23. The van der Waals surface area contributed by atoms with Crippen LogP contribution in [0.4, 0.5) is 11.4 Å². The summed E-state index contributed by atoms with van der Waals surface area (Å²) >= 11 is 8.27. The molecule has 0 atom stereocenters. The minimum absolute atomic E-state index is 0.0313. The van der Waals surface area contributed by atoms with Gasteiger partial charge in [-0.1, -0.05) is 66.1 Å². The van der Waals surface area contributed by atoms with Gasteiger partial charge in [0.15, 0.2) is 0 Å². The van der Waals surface area contributed by atoms with Crippen molar-refractivity contribution in [2.24, 2.45) is 0 Å². The Labute approximate surface area is 148 Å². The van der Waals surface area contributed by atoms with Crippen LogP contribution < -0.4 is 4.90 Å². The molecule has 0 aliphatic carbocycles. The third-order valence-electron chi connectivity index (χ3n) is 3.69. The molecule has 1 saturated heterocycles. The summed E-state index contributed by atoms with van der Waals surface area (Å²) in [6.45, 7) is 0. The molecular formula is C17H12N2OS3. The van der Waals surface area contributed by atoms with Gasteiger partial charge in [0.2, 0.25) is 0 Å². The highest BCUT2D eigenvalue weighted by Crippen LogP contribution is 2.53. The van der Waals surface area contributed by atoms with Gasteiger partial charge >= 0.3 is 0 Å². The van der Waals surface area contributed by atoms with Crippen LogP contribution >= 0.6 is 35.7 Å². The van der Waals surface area contributed by atoms with E-state index < -0.39 is 0 Å². The third-order valence-corrected chi connectivity index (χ3v) is 6.51. The molecule has 0 saturated carbocycles. The molecule has 1 amide bonds. The summed E-state index contributed by atoms with van der Waals surface area (Å²) in [7, 11) is 1.73. The monoisotopic (exact) mass is 356 g/mol. The van der Waals surface area contributed by atoms with Crippen LogP contribution in [0.5, 0.6) is 0 Å². The van der Waals surface area contributed by atoms with Crippen LogP contribution in [0.15, 0.2) is 69.4 Å². The maximum absolute atomic E-state index is 12.6. The lowest BCUT2D eigenvalue weighted by Gasteiger charge is -2.21. The van der Waals surface area contributed by atoms with E-state index in [9.17, 15) is 4.79 Å². The molecule has 0 aromatic heterocycles. The van der Waals surface area contributed by atoms with E-state index in [2.05, 4.69) is 29.2 Å². The smallest absolute Gasteiger partial charge is 0.268 e. The van der Waals surface area contributed by atoms with E-state index in [1.807, 2.05) is 30.3 Å². The number of carbonyl (C=O) groups excluding carboxylic acids is 1. The van der Waals surface area contributed by atoms with E-state index in [1.54, 1.807) is 18.8 Å². The number of rotatable bonds is 1. The molecule has 0 bridgehead atoms. The van der Waals surface area contributed by atoms with E-state index in [1.165, 1.54) is 16.7 Å². The Morgan fingerprint density at radius 3 is 2.35 bits per heavy atom. The predicted octanol–water partition coefficient (Wildman–Crippen LogP) is 4.59. The first-order valence-corrected chi connectivity index (χ1v) is 9.07. The number of thioether (sulfide) groups is 2. The Morgan fingerprint density at radius 2 is 1.65 bits per heavy atom. The first-order valence-electron chi connectivity index (χ1n) is 7.03. The maximum atomic E-state index is 12.6. The molecule has 2 aromatic carbocycles. The van der Waals surface area contributed by atoms with Crippen LogP contribution in [0.25, 0.3) is 0 Å². The van der Waals surface area contributed by atoms with Crippen molar-refractivity contribution in [3.8, 4) is 0 Å². The van der Waals surface area contributed by atoms with Gasteiger partial charge in [-0.05, 0) is 24.3 Å². The normalized spacial score (nSPS) is 20.4. The minimum atomic E-state index is -0.0313. The number of nitrogens with zero attached hydrogens (tertiary/aromatic N) is 2. The first-order chi connectivity index (χ1) is 11.2. The van der Waals surface area contributed by atoms with Gasteiger partial charge in [-0.15, -0.1) is 0 Å². The SMILES string of the molecule is CN1C(=O)/C(=C2\Sc3ccccc3N2c2ccccc2)SC1=S. The van der Waals surface area contributed by atoms with Crippen molar-refractivity contribution in [1.82, 2.24) is 4.90 Å². The highest BCUT2D eigenvalue weighted by molar-refractivity contribution is 8.27. The van der Waals surface area contributed by atoms with Crippen LogP contribution in [0.3, 0.4) is 0 Å². The van der Waals surface area contributed by atoms with Gasteiger partial charge in [0.1, 0.15) is 14.3 Å². The molecule has 0 unspecified atom stereocenters. The fourth-order valence-corrected chi connectivity index (χ4v) is 5.01. The third kappa shape index (κ3) is 2.38. The van der Waals surface area contributed by atoms with Crippen molar-refractivity contribution >= 4 is 57.3 Å². The molecule has 4 rings (SSSR count). The minimum Gasteiger partial charge on any atom is -0.302 e.